The van der Waals surface area contributed by atoms with Gasteiger partial charge in [-0.25, -0.2) is 0 Å². The van der Waals surface area contributed by atoms with E-state index >= 15 is 0 Å². The first-order valence-electron chi connectivity index (χ1n) is 47.8. The van der Waals surface area contributed by atoms with Crippen molar-refractivity contribution >= 4 is 58.1 Å². The van der Waals surface area contributed by atoms with Gasteiger partial charge in [0, 0.05) is 52.2 Å². The number of nitrogens with one attached hydrogen (secondary N) is 5. The van der Waals surface area contributed by atoms with Gasteiger partial charge in [0.15, 0.2) is 5.82 Å². The van der Waals surface area contributed by atoms with Gasteiger partial charge in [0.05, 0.1) is 30.4 Å². The number of aromatic nitrogens is 2. The molecular weight excluding hydrogens is 1580 g/mol. The van der Waals surface area contributed by atoms with E-state index in [1.165, 1.54) is 161 Å². The molecule has 1 heterocycles. The second-order valence-electron chi connectivity index (χ2n) is 39.6. The lowest BCUT2D eigenvalue weighted by molar-refractivity contribution is 0.101. The Hall–Kier alpha value is -11.1. The van der Waals surface area contributed by atoms with Crippen LogP contribution in [-0.2, 0) is 105 Å². The van der Waals surface area contributed by atoms with E-state index in [-0.39, 0.29) is 56.9 Å². The monoisotopic (exact) mass is 1730 g/mol. The number of carbonyl (C=O) groups is 5. The van der Waals surface area contributed by atoms with Crippen LogP contribution >= 0.6 is 0 Å². The molecule has 680 valence electrons. The van der Waals surface area contributed by atoms with Gasteiger partial charge in [0.1, 0.15) is 17.2 Å². The lowest BCUT2D eigenvalue weighted by Gasteiger charge is -2.19. The molecule has 15 heteroatoms. The largest absolute Gasteiger partial charge is 0.507 e. The van der Waals surface area contributed by atoms with Crippen molar-refractivity contribution in [2.45, 2.75) is 319 Å². The van der Waals surface area contributed by atoms with E-state index in [2.05, 4.69) is 201 Å². The minimum Gasteiger partial charge on any atom is -0.507 e. The van der Waals surface area contributed by atoms with Gasteiger partial charge in [-0.15, -0.1) is 0 Å². The van der Waals surface area contributed by atoms with Crippen LogP contribution in [0.25, 0.3) is 0 Å². The summed E-state index contributed by atoms with van der Waals surface area (Å²) in [4.78, 5) is 64.2. The number of phenols is 1. The Balaban J connectivity index is 0.000000155. The predicted molar refractivity (Wildman–Crippen MR) is 530 cm³/mol. The lowest BCUT2D eigenvalue weighted by Crippen LogP contribution is -2.16. The summed E-state index contributed by atoms with van der Waals surface area (Å²) in [6.07, 6.45) is 30.8. The topological polar surface area (TPSA) is 202 Å². The molecule has 0 bridgehead atoms. The Labute approximate surface area is 765 Å². The van der Waals surface area contributed by atoms with E-state index in [1.807, 2.05) is 110 Å². The molecule has 6 N–H and O–H groups in total. The minimum atomic E-state index is -0.256. The summed E-state index contributed by atoms with van der Waals surface area (Å²) in [6, 6.07) is 54.9. The van der Waals surface area contributed by atoms with Crippen LogP contribution in [0.2, 0.25) is 0 Å². The van der Waals surface area contributed by atoms with Crippen LogP contribution in [-0.4, -0.2) is 58.1 Å². The van der Waals surface area contributed by atoms with Crippen LogP contribution in [0.15, 0.2) is 164 Å². The molecule has 9 aromatic carbocycles. The van der Waals surface area contributed by atoms with Gasteiger partial charge < -0.3 is 41.2 Å². The Morgan fingerprint density at radius 2 is 0.586 bits per heavy atom. The molecule has 0 fully saturated rings. The van der Waals surface area contributed by atoms with E-state index in [4.69, 9.17) is 9.47 Å². The van der Waals surface area contributed by atoms with Gasteiger partial charge in [-0.1, -0.05) is 190 Å². The summed E-state index contributed by atoms with van der Waals surface area (Å²) in [5.74, 6) is 1.56. The van der Waals surface area contributed by atoms with Crippen molar-refractivity contribution in [3.05, 3.63) is 286 Å². The van der Waals surface area contributed by atoms with Crippen molar-refractivity contribution in [1.29, 1.82) is 0 Å². The molecule has 0 saturated carbocycles. The molecule has 5 amide bonds. The zero-order valence-electron chi connectivity index (χ0n) is 80.3. The highest BCUT2D eigenvalue weighted by molar-refractivity contribution is 6.09. The lowest BCUT2D eigenvalue weighted by atomic mass is 9.87. The third-order valence-corrected chi connectivity index (χ3v) is 25.8. The highest BCUT2D eigenvalue weighted by Crippen LogP contribution is 2.37. The number of methoxy groups -OCH3 is 1. The third-order valence-electron chi connectivity index (χ3n) is 25.8. The maximum Gasteiger partial charge on any atom is 0.259 e. The van der Waals surface area contributed by atoms with E-state index in [9.17, 15) is 29.1 Å². The normalized spacial score (nSPS) is 14.3. The number of phenolic OH excluding ortho intramolecular Hbond substituents is 1. The predicted octanol–water partition coefficient (Wildman–Crippen LogP) is 27.0. The number of fused-ring (bicyclic) bond motifs is 5. The fraction of sp³-hybridized carbons (Fsp3) is 0.451. The van der Waals surface area contributed by atoms with Crippen molar-refractivity contribution in [3.8, 4) is 17.2 Å². The van der Waals surface area contributed by atoms with Gasteiger partial charge in [-0.05, 0) is 370 Å². The Morgan fingerprint density at radius 3 is 0.875 bits per heavy atom. The van der Waals surface area contributed by atoms with Crippen molar-refractivity contribution < 1.29 is 38.6 Å². The number of anilines is 5. The number of carbonyl (C=O) groups excluding carboxylic acids is 5. The average molecular weight is 1730 g/mol. The number of hydrogen-bond acceptors (Lipinski definition) is 9. The van der Waals surface area contributed by atoms with Crippen LogP contribution in [0.1, 0.15) is 354 Å². The zero-order chi connectivity index (χ0) is 92.0. The van der Waals surface area contributed by atoms with Crippen molar-refractivity contribution in [2.75, 3.05) is 40.3 Å². The Bertz CT molecular complexity index is 5320. The average Bonchev–Trinajstić information content (AvgIpc) is 1.38. The van der Waals surface area contributed by atoms with Crippen LogP contribution in [0.3, 0.4) is 0 Å². The molecule has 1 aromatic heterocycles. The minimum absolute atomic E-state index is 0.0115. The fourth-order valence-electron chi connectivity index (χ4n) is 17.9. The van der Waals surface area contributed by atoms with Gasteiger partial charge in [-0.3, -0.25) is 28.7 Å². The number of aromatic hydroxyl groups is 1. The molecule has 15 nitrogen and oxygen atoms in total. The third kappa shape index (κ3) is 26.8. The van der Waals surface area contributed by atoms with Gasteiger partial charge in [0.2, 0.25) is 0 Å². The molecular formula is C113H145N7O8. The molecule has 5 aliphatic carbocycles. The number of hydrogen-bond donors (Lipinski definition) is 6. The smallest absolute Gasteiger partial charge is 0.259 e. The molecule has 0 unspecified atom stereocenters. The van der Waals surface area contributed by atoms with E-state index < -0.39 is 0 Å². The summed E-state index contributed by atoms with van der Waals surface area (Å²) >= 11 is 0. The van der Waals surface area contributed by atoms with Gasteiger partial charge >= 0.3 is 0 Å². The number of rotatable bonds is 16. The van der Waals surface area contributed by atoms with Crippen molar-refractivity contribution in [2.24, 2.45) is 0 Å². The Kier molecular flexibility index (Phi) is 34.1. The number of amides is 5. The first-order valence-corrected chi connectivity index (χ1v) is 47.8. The second kappa shape index (κ2) is 44.8. The van der Waals surface area contributed by atoms with E-state index in [0.29, 0.717) is 40.6 Å². The van der Waals surface area contributed by atoms with Crippen LogP contribution in [0, 0.1) is 6.92 Å². The Morgan fingerprint density at radius 1 is 0.328 bits per heavy atom. The molecule has 0 spiro atoms. The highest BCUT2D eigenvalue weighted by atomic mass is 16.5. The van der Waals surface area contributed by atoms with Gasteiger partial charge in [-0.2, -0.15) is 5.10 Å². The fourth-order valence-corrected chi connectivity index (χ4v) is 17.9. The van der Waals surface area contributed by atoms with Crippen LogP contribution in [0.5, 0.6) is 17.2 Å². The maximum atomic E-state index is 13.0. The molecule has 0 aliphatic heterocycles. The molecule has 5 aliphatic rings. The van der Waals surface area contributed by atoms with Crippen LogP contribution < -0.4 is 36.1 Å². The number of aryl methyl sites for hydroxylation is 14. The van der Waals surface area contributed by atoms with Crippen LogP contribution in [0.4, 0.5) is 28.6 Å². The summed E-state index contributed by atoms with van der Waals surface area (Å²) in [7, 11) is 1.63. The summed E-state index contributed by atoms with van der Waals surface area (Å²) < 4.78 is 13.2. The molecule has 0 atom stereocenters. The summed E-state index contributed by atoms with van der Waals surface area (Å²) in [5.41, 5.74) is 28.5. The van der Waals surface area contributed by atoms with Crippen molar-refractivity contribution in [1.82, 2.24) is 9.78 Å². The molecule has 15 rings (SSSR count). The molecule has 0 radical (unpaired) electrons. The quantitative estimate of drug-likeness (QED) is 0.0509. The van der Waals surface area contributed by atoms with Crippen molar-refractivity contribution in [3.63, 3.8) is 0 Å². The maximum absolute atomic E-state index is 13.0. The summed E-state index contributed by atoms with van der Waals surface area (Å²) in [6.45, 7) is 37.8. The standard InChI is InChI=1S/C24H31NO2.C24H31NO.C23H29NO2.C22H27NO2.C20H27N3O/c1-5-27-22-16-18-10-8-6-7-9-17(18)15-21(22)23(26)25-20-13-11-19(12-14-20)24(2,3)4;1-5-17-15-18-9-7-6-8-10-19(18)16-22(17)23(26)25-21-13-11-20(12-14-21)24(2,3)4;1-23(2,3)18-10-12-19(13-11-18)24-22(25)20-14-16-8-6-5-7-9-17(16)15-21(20)26-4;1-22(2,3)17-9-11-18(12-10-17)23-21(25)19-13-15-7-5-4-6-8-16(15)14-20(19)24;1-4-15-12-16-9-7-6-8-10-17(16)13-18(15)20(24)21-19-11-14(3)23(5-2)22-19/h11-16H,5-10H2,1-4H3,(H,25,26);11-16H,5-10H2,1-4H3,(H,25,26);10-15H,5-9H2,1-4H3,(H,24,25);9-14,24H,4-8H2,1-3H3,(H,23,25);11-13H,4-10H2,1-3H3,(H,21,22,24). The molecule has 10 aromatic rings. The SMILES string of the molecule is CC(C)(C)c1ccc(NC(=O)c2cc3c(cc2O)CCCCC3)cc1.CCOc1cc2c(cc1C(=O)Nc1ccc(C(C)(C)C)cc1)CCCCC2.CCc1cc2c(cc1C(=O)Nc1cc(C)n(CC)n1)CCCCC2.CCc1cc2c(cc1C(=O)Nc1ccc(C(C)(C)C)cc1)CCCCC2.COc1cc2c(cc1C(=O)Nc1ccc(C(C)(C)C)cc1)CCCCC2. The number of ether oxygens (including phenoxy) is 2. The van der Waals surface area contributed by atoms with E-state index in [1.54, 1.807) is 13.2 Å². The zero-order valence-corrected chi connectivity index (χ0v) is 80.3. The first kappa shape index (κ1) is 97.6. The molecule has 128 heavy (non-hydrogen) atoms. The molecule has 0 saturated heterocycles. The second-order valence-corrected chi connectivity index (χ2v) is 39.6. The summed E-state index contributed by atoms with van der Waals surface area (Å²) in [5, 5.41) is 29.8. The number of nitrogens with zero attached hydrogens (tertiary/aromatic N) is 2. The highest BCUT2D eigenvalue weighted by Gasteiger charge is 2.27. The van der Waals surface area contributed by atoms with Gasteiger partial charge in [0.25, 0.3) is 29.5 Å². The van der Waals surface area contributed by atoms with E-state index in [0.717, 1.165) is 147 Å². The first-order chi connectivity index (χ1) is 61.1. The number of benzene rings is 9.